The van der Waals surface area contributed by atoms with Crippen molar-refractivity contribution in [2.24, 2.45) is 5.92 Å². The predicted octanol–water partition coefficient (Wildman–Crippen LogP) is 2.58. The lowest BCUT2D eigenvalue weighted by molar-refractivity contribution is 0.383. The Bertz CT molecular complexity index is 596. The van der Waals surface area contributed by atoms with E-state index < -0.39 is 33.3 Å². The van der Waals surface area contributed by atoms with Crippen LogP contribution in [0.4, 0.5) is 13.2 Å². The van der Waals surface area contributed by atoms with Crippen molar-refractivity contribution < 1.29 is 21.6 Å². The second-order valence-corrected chi connectivity index (χ2v) is 7.62. The average Bonchev–Trinajstić information content (AvgIpc) is 2.76. The Hall–Kier alpha value is -1.08. The van der Waals surface area contributed by atoms with Crippen LogP contribution in [-0.4, -0.2) is 26.5 Å². The molecule has 1 heterocycles. The van der Waals surface area contributed by atoms with Gasteiger partial charge >= 0.3 is 0 Å². The SMILES string of the molecule is CCCNC(c1cc(F)c(F)c(F)c1)C1CCS(=O)(=O)C1. The molecular formula is C14H18F3NO2S. The molecule has 1 saturated heterocycles. The highest BCUT2D eigenvalue weighted by Gasteiger charge is 2.34. The molecule has 0 spiro atoms. The monoisotopic (exact) mass is 321 g/mol. The van der Waals surface area contributed by atoms with Crippen molar-refractivity contribution in [1.82, 2.24) is 5.32 Å². The van der Waals surface area contributed by atoms with Crippen LogP contribution in [0.15, 0.2) is 12.1 Å². The van der Waals surface area contributed by atoms with Crippen LogP contribution in [0.2, 0.25) is 0 Å². The summed E-state index contributed by atoms with van der Waals surface area (Å²) >= 11 is 0. The first-order valence-corrected chi connectivity index (χ1v) is 8.74. The third-order valence-electron chi connectivity index (χ3n) is 3.72. The van der Waals surface area contributed by atoms with Crippen LogP contribution in [0.1, 0.15) is 31.4 Å². The van der Waals surface area contributed by atoms with E-state index in [1.54, 1.807) is 0 Å². The van der Waals surface area contributed by atoms with Gasteiger partial charge in [-0.3, -0.25) is 0 Å². The van der Waals surface area contributed by atoms with Crippen molar-refractivity contribution in [1.29, 1.82) is 0 Å². The Balaban J connectivity index is 2.32. The van der Waals surface area contributed by atoms with E-state index in [0.29, 0.717) is 13.0 Å². The van der Waals surface area contributed by atoms with Crippen molar-refractivity contribution in [3.63, 3.8) is 0 Å². The number of nitrogens with one attached hydrogen (secondary N) is 1. The number of sulfone groups is 1. The van der Waals surface area contributed by atoms with E-state index in [9.17, 15) is 21.6 Å². The van der Waals surface area contributed by atoms with Crippen LogP contribution in [0.25, 0.3) is 0 Å². The van der Waals surface area contributed by atoms with Gasteiger partial charge in [0, 0.05) is 6.04 Å². The Kier molecular flexibility index (Phi) is 4.93. The fourth-order valence-electron chi connectivity index (χ4n) is 2.70. The minimum atomic E-state index is -3.10. The summed E-state index contributed by atoms with van der Waals surface area (Å²) in [5, 5.41) is 3.12. The molecule has 1 fully saturated rings. The van der Waals surface area contributed by atoms with E-state index >= 15 is 0 Å². The Morgan fingerprint density at radius 3 is 2.38 bits per heavy atom. The van der Waals surface area contributed by atoms with Gasteiger partial charge in [0.05, 0.1) is 11.5 Å². The zero-order chi connectivity index (χ0) is 15.6. The van der Waals surface area contributed by atoms with Gasteiger partial charge in [-0.15, -0.1) is 0 Å². The van der Waals surface area contributed by atoms with Gasteiger partial charge in [0.25, 0.3) is 0 Å². The smallest absolute Gasteiger partial charge is 0.194 e. The molecule has 2 rings (SSSR count). The standard InChI is InChI=1S/C14H18F3NO2S/c1-2-4-18-14(9-3-5-21(19,20)8-9)10-6-11(15)13(17)12(16)7-10/h6-7,9,14,18H,2-5,8H2,1H3. The van der Waals surface area contributed by atoms with Crippen LogP contribution >= 0.6 is 0 Å². The van der Waals surface area contributed by atoms with Gasteiger partial charge in [0.2, 0.25) is 0 Å². The fraction of sp³-hybridized carbons (Fsp3) is 0.571. The summed E-state index contributed by atoms with van der Waals surface area (Å²) < 4.78 is 63.1. The molecule has 0 saturated carbocycles. The lowest BCUT2D eigenvalue weighted by atomic mass is 9.92. The lowest BCUT2D eigenvalue weighted by Gasteiger charge is -2.24. The highest BCUT2D eigenvalue weighted by Crippen LogP contribution is 2.32. The molecule has 21 heavy (non-hydrogen) atoms. The van der Waals surface area contributed by atoms with Gasteiger partial charge in [-0.1, -0.05) is 6.92 Å². The largest absolute Gasteiger partial charge is 0.310 e. The Labute approximate surface area is 122 Å². The number of hydrogen-bond acceptors (Lipinski definition) is 3. The topological polar surface area (TPSA) is 46.2 Å². The molecule has 1 aromatic rings. The molecule has 2 atom stereocenters. The fourth-order valence-corrected chi connectivity index (χ4v) is 4.54. The molecule has 0 amide bonds. The number of benzene rings is 1. The third kappa shape index (κ3) is 3.77. The zero-order valence-corrected chi connectivity index (χ0v) is 12.5. The molecule has 1 aromatic carbocycles. The molecule has 1 N–H and O–H groups in total. The second kappa shape index (κ2) is 6.36. The van der Waals surface area contributed by atoms with Gasteiger partial charge in [-0.2, -0.15) is 0 Å². The molecule has 1 aliphatic heterocycles. The molecule has 0 radical (unpaired) electrons. The predicted molar refractivity (Wildman–Crippen MR) is 74.1 cm³/mol. The summed E-state index contributed by atoms with van der Waals surface area (Å²) in [6, 6.07) is 1.39. The maximum atomic E-state index is 13.4. The summed E-state index contributed by atoms with van der Waals surface area (Å²) in [5.41, 5.74) is 0.252. The van der Waals surface area contributed by atoms with Crippen molar-refractivity contribution in [3.8, 4) is 0 Å². The van der Waals surface area contributed by atoms with Crippen LogP contribution < -0.4 is 5.32 Å². The molecule has 7 heteroatoms. The molecule has 3 nitrogen and oxygen atoms in total. The second-order valence-electron chi connectivity index (χ2n) is 5.39. The highest BCUT2D eigenvalue weighted by molar-refractivity contribution is 7.91. The molecule has 0 aromatic heterocycles. The van der Waals surface area contributed by atoms with Crippen molar-refractivity contribution in [2.45, 2.75) is 25.8 Å². The van der Waals surface area contributed by atoms with E-state index in [0.717, 1.165) is 18.6 Å². The Morgan fingerprint density at radius 1 is 1.29 bits per heavy atom. The summed E-state index contributed by atoms with van der Waals surface area (Å²) in [5.74, 6) is -4.22. The average molecular weight is 321 g/mol. The zero-order valence-electron chi connectivity index (χ0n) is 11.7. The van der Waals surface area contributed by atoms with Crippen LogP contribution in [0, 0.1) is 23.4 Å². The maximum absolute atomic E-state index is 13.4. The molecular weight excluding hydrogens is 303 g/mol. The first-order valence-electron chi connectivity index (χ1n) is 6.92. The molecule has 0 bridgehead atoms. The normalized spacial score (nSPS) is 22.4. The number of rotatable bonds is 5. The molecule has 2 unspecified atom stereocenters. The summed E-state index contributed by atoms with van der Waals surface area (Å²) in [4.78, 5) is 0. The van der Waals surface area contributed by atoms with Gasteiger partial charge in [0.15, 0.2) is 27.3 Å². The molecule has 0 aliphatic carbocycles. The molecule has 1 aliphatic rings. The minimum Gasteiger partial charge on any atom is -0.310 e. The molecule has 118 valence electrons. The maximum Gasteiger partial charge on any atom is 0.194 e. The third-order valence-corrected chi connectivity index (χ3v) is 5.51. The lowest BCUT2D eigenvalue weighted by Crippen LogP contribution is -2.30. The van der Waals surface area contributed by atoms with E-state index in [2.05, 4.69) is 5.32 Å². The van der Waals surface area contributed by atoms with E-state index in [1.807, 2.05) is 6.92 Å². The van der Waals surface area contributed by atoms with Crippen LogP contribution in [-0.2, 0) is 9.84 Å². The highest BCUT2D eigenvalue weighted by atomic mass is 32.2. The first kappa shape index (κ1) is 16.3. The first-order chi connectivity index (χ1) is 9.84. The van der Waals surface area contributed by atoms with Gasteiger partial charge < -0.3 is 5.32 Å². The van der Waals surface area contributed by atoms with Gasteiger partial charge in [-0.25, -0.2) is 21.6 Å². The van der Waals surface area contributed by atoms with Crippen molar-refractivity contribution in [2.75, 3.05) is 18.1 Å². The van der Waals surface area contributed by atoms with E-state index in [1.165, 1.54) is 0 Å². The minimum absolute atomic E-state index is 0.0189. The summed E-state index contributed by atoms with van der Waals surface area (Å²) in [6.07, 6.45) is 1.23. The van der Waals surface area contributed by atoms with E-state index in [-0.39, 0.29) is 23.0 Å². The van der Waals surface area contributed by atoms with Gasteiger partial charge in [-0.05, 0) is 43.0 Å². The van der Waals surface area contributed by atoms with Crippen LogP contribution in [0.5, 0.6) is 0 Å². The van der Waals surface area contributed by atoms with Crippen molar-refractivity contribution >= 4 is 9.84 Å². The van der Waals surface area contributed by atoms with Crippen molar-refractivity contribution in [3.05, 3.63) is 35.1 Å². The Morgan fingerprint density at radius 2 is 1.90 bits per heavy atom. The van der Waals surface area contributed by atoms with E-state index in [4.69, 9.17) is 0 Å². The summed E-state index contributed by atoms with van der Waals surface area (Å²) in [6.45, 7) is 2.52. The number of hydrogen-bond donors (Lipinski definition) is 1. The quantitative estimate of drug-likeness (QED) is 0.848. The number of halogens is 3. The van der Waals surface area contributed by atoms with Crippen LogP contribution in [0.3, 0.4) is 0 Å². The summed E-state index contributed by atoms with van der Waals surface area (Å²) in [7, 11) is -3.10. The van der Waals surface area contributed by atoms with Gasteiger partial charge in [0.1, 0.15) is 0 Å².